The Labute approximate surface area is 113 Å². The first-order valence-electron chi connectivity index (χ1n) is 6.68. The maximum Gasteiger partial charge on any atom is 0.0345 e. The van der Waals surface area contributed by atoms with Crippen LogP contribution in [-0.4, -0.2) is 6.04 Å². The highest BCUT2D eigenvalue weighted by atomic mass is 79.9. The quantitative estimate of drug-likeness (QED) is 0.745. The first-order valence-corrected chi connectivity index (χ1v) is 7.47. The van der Waals surface area contributed by atoms with Crippen LogP contribution >= 0.6 is 15.9 Å². The highest BCUT2D eigenvalue weighted by Gasteiger charge is 2.15. The molecule has 1 aliphatic rings. The fourth-order valence-corrected chi connectivity index (χ4v) is 2.85. The van der Waals surface area contributed by atoms with Crippen molar-refractivity contribution in [1.82, 2.24) is 0 Å². The van der Waals surface area contributed by atoms with Gasteiger partial charge in [0.05, 0.1) is 0 Å². The summed E-state index contributed by atoms with van der Waals surface area (Å²) < 4.78 is 1.19. The van der Waals surface area contributed by atoms with E-state index in [1.165, 1.54) is 47.8 Å². The smallest absolute Gasteiger partial charge is 0.0345 e. The minimum Gasteiger partial charge on any atom is -0.382 e. The van der Waals surface area contributed by atoms with Crippen LogP contribution in [-0.2, 0) is 0 Å². The van der Waals surface area contributed by atoms with Gasteiger partial charge >= 0.3 is 0 Å². The number of benzene rings is 1. The molecule has 0 radical (unpaired) electrons. The Morgan fingerprint density at radius 3 is 2.76 bits per heavy atom. The fourth-order valence-electron chi connectivity index (χ4n) is 2.60. The summed E-state index contributed by atoms with van der Waals surface area (Å²) in [6.45, 7) is 4.52. The van der Waals surface area contributed by atoms with Crippen LogP contribution in [0.3, 0.4) is 0 Å². The zero-order valence-corrected chi connectivity index (χ0v) is 12.4. The van der Waals surface area contributed by atoms with E-state index in [-0.39, 0.29) is 0 Å². The van der Waals surface area contributed by atoms with Crippen LogP contribution in [0.15, 0.2) is 22.7 Å². The summed E-state index contributed by atoms with van der Waals surface area (Å²) in [5, 5.41) is 3.69. The molecule has 1 N–H and O–H groups in total. The summed E-state index contributed by atoms with van der Waals surface area (Å²) in [4.78, 5) is 0. The number of anilines is 1. The molecule has 1 nitrogen and oxygen atoms in total. The van der Waals surface area contributed by atoms with Gasteiger partial charge in [-0.3, -0.25) is 0 Å². The third-order valence-electron chi connectivity index (χ3n) is 3.79. The van der Waals surface area contributed by atoms with Gasteiger partial charge in [-0.2, -0.15) is 0 Å². The SMILES string of the molecule is Cc1cc(NC2CCCC(C)CC2)ccc1Br. The first kappa shape index (κ1) is 12.9. The van der Waals surface area contributed by atoms with E-state index >= 15 is 0 Å². The molecule has 1 aliphatic carbocycles. The Morgan fingerprint density at radius 1 is 1.18 bits per heavy atom. The highest BCUT2D eigenvalue weighted by molar-refractivity contribution is 9.10. The zero-order chi connectivity index (χ0) is 12.3. The number of hydrogen-bond acceptors (Lipinski definition) is 1. The summed E-state index contributed by atoms with van der Waals surface area (Å²) in [6, 6.07) is 7.21. The van der Waals surface area contributed by atoms with E-state index in [0.29, 0.717) is 6.04 Å². The molecule has 0 saturated heterocycles. The van der Waals surface area contributed by atoms with Crippen molar-refractivity contribution in [3.8, 4) is 0 Å². The molecule has 0 aromatic heterocycles. The maximum absolute atomic E-state index is 3.69. The minimum absolute atomic E-state index is 0.667. The summed E-state index contributed by atoms with van der Waals surface area (Å²) in [5.41, 5.74) is 2.57. The molecule has 0 heterocycles. The number of hydrogen-bond donors (Lipinski definition) is 1. The lowest BCUT2D eigenvalue weighted by atomic mass is 10.0. The molecule has 0 amide bonds. The largest absolute Gasteiger partial charge is 0.382 e. The van der Waals surface area contributed by atoms with Crippen molar-refractivity contribution in [1.29, 1.82) is 0 Å². The summed E-state index contributed by atoms with van der Waals surface area (Å²) >= 11 is 3.55. The second kappa shape index (κ2) is 5.90. The number of halogens is 1. The highest BCUT2D eigenvalue weighted by Crippen LogP contribution is 2.26. The first-order chi connectivity index (χ1) is 8.15. The van der Waals surface area contributed by atoms with Crippen molar-refractivity contribution < 1.29 is 0 Å². The molecule has 0 aliphatic heterocycles. The Morgan fingerprint density at radius 2 is 2.00 bits per heavy atom. The lowest BCUT2D eigenvalue weighted by Crippen LogP contribution is -2.18. The van der Waals surface area contributed by atoms with Crippen LogP contribution in [0.4, 0.5) is 5.69 Å². The van der Waals surface area contributed by atoms with Crippen LogP contribution in [0.2, 0.25) is 0 Å². The van der Waals surface area contributed by atoms with Crippen molar-refractivity contribution in [3.63, 3.8) is 0 Å². The van der Waals surface area contributed by atoms with Crippen molar-refractivity contribution in [2.45, 2.75) is 52.0 Å². The van der Waals surface area contributed by atoms with Gasteiger partial charge in [-0.05, 0) is 55.9 Å². The zero-order valence-electron chi connectivity index (χ0n) is 10.8. The molecule has 94 valence electrons. The summed E-state index contributed by atoms with van der Waals surface area (Å²) in [7, 11) is 0. The van der Waals surface area contributed by atoms with Gasteiger partial charge in [0, 0.05) is 16.2 Å². The lowest BCUT2D eigenvalue weighted by Gasteiger charge is -2.18. The van der Waals surface area contributed by atoms with Crippen LogP contribution in [0.1, 0.15) is 44.6 Å². The predicted octanol–water partition coefficient (Wildman–Crippen LogP) is 5.14. The molecular formula is C15H22BrN. The monoisotopic (exact) mass is 295 g/mol. The topological polar surface area (TPSA) is 12.0 Å². The van der Waals surface area contributed by atoms with Gasteiger partial charge in [-0.25, -0.2) is 0 Å². The molecule has 1 aromatic rings. The Kier molecular flexibility index (Phi) is 4.49. The van der Waals surface area contributed by atoms with Crippen molar-refractivity contribution in [2.24, 2.45) is 5.92 Å². The average Bonchev–Trinajstić information content (AvgIpc) is 2.49. The molecular weight excluding hydrogens is 274 g/mol. The van der Waals surface area contributed by atoms with Gasteiger partial charge in [-0.15, -0.1) is 0 Å². The Balaban J connectivity index is 1.97. The van der Waals surface area contributed by atoms with E-state index in [1.807, 2.05) is 0 Å². The molecule has 1 saturated carbocycles. The number of aryl methyl sites for hydroxylation is 1. The van der Waals surface area contributed by atoms with Gasteiger partial charge in [-0.1, -0.05) is 35.7 Å². The second-order valence-corrected chi connectivity index (χ2v) is 6.27. The molecule has 1 fully saturated rings. The van der Waals surface area contributed by atoms with Crippen molar-refractivity contribution in [2.75, 3.05) is 5.32 Å². The molecule has 2 atom stereocenters. The molecule has 17 heavy (non-hydrogen) atoms. The predicted molar refractivity (Wildman–Crippen MR) is 78.5 cm³/mol. The van der Waals surface area contributed by atoms with E-state index in [2.05, 4.69) is 53.3 Å². The summed E-state index contributed by atoms with van der Waals surface area (Å²) in [6.07, 6.45) is 6.77. The Hall–Kier alpha value is -0.500. The van der Waals surface area contributed by atoms with E-state index in [0.717, 1.165) is 5.92 Å². The third-order valence-corrected chi connectivity index (χ3v) is 4.68. The molecule has 0 bridgehead atoms. The maximum atomic E-state index is 3.69. The van der Waals surface area contributed by atoms with Crippen LogP contribution in [0.5, 0.6) is 0 Å². The second-order valence-electron chi connectivity index (χ2n) is 5.42. The van der Waals surface area contributed by atoms with E-state index in [9.17, 15) is 0 Å². The standard InChI is InChI=1S/C15H22BrN/c1-11-4-3-5-13(7-6-11)17-14-8-9-15(16)12(2)10-14/h8-11,13,17H,3-7H2,1-2H3. The van der Waals surface area contributed by atoms with Gasteiger partial charge in [0.25, 0.3) is 0 Å². The van der Waals surface area contributed by atoms with Crippen molar-refractivity contribution in [3.05, 3.63) is 28.2 Å². The van der Waals surface area contributed by atoms with E-state index in [1.54, 1.807) is 0 Å². The lowest BCUT2D eigenvalue weighted by molar-refractivity contribution is 0.502. The normalized spacial score (nSPS) is 25.4. The summed E-state index contributed by atoms with van der Waals surface area (Å²) in [5.74, 6) is 0.911. The van der Waals surface area contributed by atoms with Crippen LogP contribution < -0.4 is 5.32 Å². The van der Waals surface area contributed by atoms with Gasteiger partial charge in [0.2, 0.25) is 0 Å². The molecule has 0 spiro atoms. The van der Waals surface area contributed by atoms with Gasteiger partial charge < -0.3 is 5.32 Å². The molecule has 1 aromatic carbocycles. The fraction of sp³-hybridized carbons (Fsp3) is 0.600. The van der Waals surface area contributed by atoms with Gasteiger partial charge in [0.1, 0.15) is 0 Å². The van der Waals surface area contributed by atoms with Crippen LogP contribution in [0, 0.1) is 12.8 Å². The molecule has 2 rings (SSSR count). The Bertz CT molecular complexity index is 375. The molecule has 2 heteroatoms. The van der Waals surface area contributed by atoms with E-state index < -0.39 is 0 Å². The number of nitrogens with one attached hydrogen (secondary N) is 1. The molecule has 2 unspecified atom stereocenters. The average molecular weight is 296 g/mol. The van der Waals surface area contributed by atoms with E-state index in [4.69, 9.17) is 0 Å². The minimum atomic E-state index is 0.667. The van der Waals surface area contributed by atoms with Crippen molar-refractivity contribution >= 4 is 21.6 Å². The number of rotatable bonds is 2. The van der Waals surface area contributed by atoms with Crippen LogP contribution in [0.25, 0.3) is 0 Å². The van der Waals surface area contributed by atoms with Gasteiger partial charge in [0.15, 0.2) is 0 Å². The third kappa shape index (κ3) is 3.74.